The summed E-state index contributed by atoms with van der Waals surface area (Å²) in [7, 11) is 0. The summed E-state index contributed by atoms with van der Waals surface area (Å²) >= 11 is 1.55. The molecular weight excluding hydrogens is 160 g/mol. The number of amidine groups is 1. The van der Waals surface area contributed by atoms with Crippen molar-refractivity contribution in [2.45, 2.75) is 0 Å². The van der Waals surface area contributed by atoms with E-state index in [1.165, 1.54) is 0 Å². The van der Waals surface area contributed by atoms with Crippen LogP contribution in [0.15, 0.2) is 12.4 Å². The van der Waals surface area contributed by atoms with Gasteiger partial charge in [0.05, 0.1) is 0 Å². The first kappa shape index (κ1) is 6.72. The third kappa shape index (κ3) is 1.11. The number of H-pyrrole nitrogens is 1. The largest absolute Gasteiger partial charge is 0.331 e. The molecule has 1 aliphatic rings. The van der Waals surface area contributed by atoms with Crippen LogP contribution < -0.4 is 4.90 Å². The number of rotatable bonds is 1. The second kappa shape index (κ2) is 2.58. The summed E-state index contributed by atoms with van der Waals surface area (Å²) < 4.78 is 0. The Morgan fingerprint density at radius 2 is 2.64 bits per heavy atom. The summed E-state index contributed by atoms with van der Waals surface area (Å²) in [6.07, 6.45) is 3.47. The van der Waals surface area contributed by atoms with Crippen molar-refractivity contribution in [3.8, 4) is 0 Å². The molecule has 2 rings (SSSR count). The zero-order chi connectivity index (χ0) is 7.68. The van der Waals surface area contributed by atoms with Gasteiger partial charge in [-0.1, -0.05) is 11.8 Å². The Kier molecular flexibility index (Phi) is 1.58. The van der Waals surface area contributed by atoms with Gasteiger partial charge in [0.2, 0.25) is 5.95 Å². The van der Waals surface area contributed by atoms with Gasteiger partial charge >= 0.3 is 0 Å². The fourth-order valence-electron chi connectivity index (χ4n) is 1.02. The Labute approximate surface area is 68.5 Å². The summed E-state index contributed by atoms with van der Waals surface area (Å²) in [6.45, 7) is 0.886. The minimum atomic E-state index is 0.583. The maximum absolute atomic E-state index is 7.51. The maximum Gasteiger partial charge on any atom is 0.208 e. The third-order valence-corrected chi connectivity index (χ3v) is 2.42. The molecular formula is C6H8N4S. The first-order chi connectivity index (χ1) is 5.38. The van der Waals surface area contributed by atoms with Crippen LogP contribution in [0.3, 0.4) is 0 Å². The molecule has 0 atom stereocenters. The lowest BCUT2D eigenvalue weighted by atomic mass is 10.6. The van der Waals surface area contributed by atoms with Crippen LogP contribution in [0.4, 0.5) is 5.95 Å². The predicted octanol–water partition coefficient (Wildman–Crippen LogP) is 0.898. The van der Waals surface area contributed by atoms with Gasteiger partial charge < -0.3 is 4.98 Å². The van der Waals surface area contributed by atoms with E-state index in [9.17, 15) is 0 Å². The SMILES string of the molecule is N=C1SCCN1c1ncc[nH]1. The third-order valence-electron chi connectivity index (χ3n) is 1.54. The van der Waals surface area contributed by atoms with Gasteiger partial charge in [0, 0.05) is 24.7 Å². The van der Waals surface area contributed by atoms with E-state index in [1.807, 2.05) is 4.90 Å². The minimum Gasteiger partial charge on any atom is -0.331 e. The number of anilines is 1. The molecule has 0 aromatic carbocycles. The van der Waals surface area contributed by atoms with Gasteiger partial charge in [-0.15, -0.1) is 0 Å². The highest BCUT2D eigenvalue weighted by molar-refractivity contribution is 8.14. The van der Waals surface area contributed by atoms with Crippen molar-refractivity contribution in [3.63, 3.8) is 0 Å². The molecule has 0 bridgehead atoms. The molecule has 11 heavy (non-hydrogen) atoms. The van der Waals surface area contributed by atoms with E-state index in [-0.39, 0.29) is 0 Å². The number of thioether (sulfide) groups is 1. The topological polar surface area (TPSA) is 55.8 Å². The monoisotopic (exact) mass is 168 g/mol. The normalized spacial score (nSPS) is 17.8. The molecule has 0 spiro atoms. The molecule has 0 amide bonds. The second-order valence-corrected chi connectivity index (χ2v) is 3.30. The standard InChI is InChI=1S/C6H8N4S/c7-5-10(3-4-11-5)6-8-1-2-9-6/h1-2,7H,3-4H2,(H,8,9). The molecule has 1 aliphatic heterocycles. The van der Waals surface area contributed by atoms with Crippen molar-refractivity contribution < 1.29 is 0 Å². The van der Waals surface area contributed by atoms with Crippen LogP contribution in [0.2, 0.25) is 0 Å². The maximum atomic E-state index is 7.51. The molecule has 1 aromatic heterocycles. The molecule has 1 aromatic rings. The fourth-order valence-corrected chi connectivity index (χ4v) is 1.82. The van der Waals surface area contributed by atoms with E-state index in [4.69, 9.17) is 5.41 Å². The van der Waals surface area contributed by atoms with Gasteiger partial charge in [0.15, 0.2) is 5.17 Å². The molecule has 4 nitrogen and oxygen atoms in total. The summed E-state index contributed by atoms with van der Waals surface area (Å²) in [5.74, 6) is 1.76. The molecule has 0 unspecified atom stereocenters. The number of hydrogen-bond acceptors (Lipinski definition) is 3. The molecule has 0 radical (unpaired) electrons. The smallest absolute Gasteiger partial charge is 0.208 e. The van der Waals surface area contributed by atoms with E-state index in [1.54, 1.807) is 24.2 Å². The van der Waals surface area contributed by atoms with Crippen LogP contribution >= 0.6 is 11.8 Å². The molecule has 2 heterocycles. The molecule has 0 aliphatic carbocycles. The highest BCUT2D eigenvalue weighted by Gasteiger charge is 2.20. The average molecular weight is 168 g/mol. The minimum absolute atomic E-state index is 0.583. The van der Waals surface area contributed by atoms with Crippen molar-refractivity contribution in [2.75, 3.05) is 17.2 Å². The lowest BCUT2D eigenvalue weighted by Gasteiger charge is -2.11. The molecule has 2 N–H and O–H groups in total. The zero-order valence-electron chi connectivity index (χ0n) is 5.87. The number of hydrogen-bond donors (Lipinski definition) is 2. The van der Waals surface area contributed by atoms with E-state index in [0.717, 1.165) is 18.2 Å². The summed E-state index contributed by atoms with van der Waals surface area (Å²) in [5, 5.41) is 8.09. The fraction of sp³-hybridized carbons (Fsp3) is 0.333. The Hall–Kier alpha value is -0.970. The summed E-state index contributed by atoms with van der Waals surface area (Å²) in [4.78, 5) is 8.90. The molecule has 5 heteroatoms. The van der Waals surface area contributed by atoms with Crippen molar-refractivity contribution in [1.82, 2.24) is 9.97 Å². The zero-order valence-corrected chi connectivity index (χ0v) is 6.69. The van der Waals surface area contributed by atoms with Gasteiger partial charge in [-0.2, -0.15) is 0 Å². The van der Waals surface area contributed by atoms with E-state index in [0.29, 0.717) is 5.17 Å². The van der Waals surface area contributed by atoms with Crippen molar-refractivity contribution in [3.05, 3.63) is 12.4 Å². The summed E-state index contributed by atoms with van der Waals surface area (Å²) in [5.41, 5.74) is 0. The van der Waals surface area contributed by atoms with Crippen molar-refractivity contribution in [1.29, 1.82) is 5.41 Å². The molecule has 0 saturated carbocycles. The van der Waals surface area contributed by atoms with Gasteiger partial charge in [-0.05, 0) is 0 Å². The van der Waals surface area contributed by atoms with Gasteiger partial charge in [-0.3, -0.25) is 10.3 Å². The Bertz CT molecular complexity index is 256. The van der Waals surface area contributed by atoms with Crippen LogP contribution in [-0.4, -0.2) is 27.4 Å². The van der Waals surface area contributed by atoms with Crippen LogP contribution in [0.1, 0.15) is 0 Å². The van der Waals surface area contributed by atoms with Crippen molar-refractivity contribution in [2.24, 2.45) is 0 Å². The second-order valence-electron chi connectivity index (χ2n) is 2.22. The molecule has 58 valence electrons. The number of imidazole rings is 1. The van der Waals surface area contributed by atoms with E-state index in [2.05, 4.69) is 9.97 Å². The van der Waals surface area contributed by atoms with Crippen LogP contribution in [0, 0.1) is 5.41 Å². The lowest BCUT2D eigenvalue weighted by molar-refractivity contribution is 1.03. The highest BCUT2D eigenvalue weighted by Crippen LogP contribution is 2.20. The quantitative estimate of drug-likeness (QED) is 0.655. The van der Waals surface area contributed by atoms with Crippen LogP contribution in [-0.2, 0) is 0 Å². The average Bonchev–Trinajstić information content (AvgIpc) is 2.55. The van der Waals surface area contributed by atoms with Gasteiger partial charge in [-0.25, -0.2) is 4.98 Å². The highest BCUT2D eigenvalue weighted by atomic mass is 32.2. The molecule has 1 saturated heterocycles. The molecule has 1 fully saturated rings. The Morgan fingerprint density at radius 3 is 3.18 bits per heavy atom. The number of aromatic amines is 1. The van der Waals surface area contributed by atoms with E-state index < -0.39 is 0 Å². The van der Waals surface area contributed by atoms with Gasteiger partial charge in [0.25, 0.3) is 0 Å². The summed E-state index contributed by atoms with van der Waals surface area (Å²) in [6, 6.07) is 0. The Balaban J connectivity index is 2.23. The van der Waals surface area contributed by atoms with Crippen molar-refractivity contribution >= 4 is 22.9 Å². The van der Waals surface area contributed by atoms with Crippen LogP contribution in [0.5, 0.6) is 0 Å². The number of nitrogens with zero attached hydrogens (tertiary/aromatic N) is 2. The number of aromatic nitrogens is 2. The Morgan fingerprint density at radius 1 is 1.73 bits per heavy atom. The first-order valence-corrected chi connectivity index (χ1v) is 4.35. The van der Waals surface area contributed by atoms with Crippen LogP contribution in [0.25, 0.3) is 0 Å². The lowest BCUT2D eigenvalue weighted by Crippen LogP contribution is -2.23. The predicted molar refractivity (Wildman–Crippen MR) is 46.1 cm³/mol. The van der Waals surface area contributed by atoms with Gasteiger partial charge in [0.1, 0.15) is 0 Å². The first-order valence-electron chi connectivity index (χ1n) is 3.36. The number of nitrogens with one attached hydrogen (secondary N) is 2. The van der Waals surface area contributed by atoms with E-state index >= 15 is 0 Å².